The van der Waals surface area contributed by atoms with Gasteiger partial charge < -0.3 is 9.80 Å². The fourth-order valence-corrected chi connectivity index (χ4v) is 4.25. The molecule has 1 aromatic carbocycles. The quantitative estimate of drug-likeness (QED) is 0.244. The van der Waals surface area contributed by atoms with Gasteiger partial charge in [0.2, 0.25) is 0 Å². The second-order valence-corrected chi connectivity index (χ2v) is 8.85. The van der Waals surface area contributed by atoms with E-state index in [9.17, 15) is 22.4 Å². The third-order valence-electron chi connectivity index (χ3n) is 6.11. The molecule has 2 heterocycles. The van der Waals surface area contributed by atoms with Crippen molar-refractivity contribution < 1.29 is 22.4 Å². The Kier molecular flexibility index (Phi) is 7.94. The molecule has 0 aliphatic carbocycles. The zero-order chi connectivity index (χ0) is 25.0. The number of halogens is 4. The van der Waals surface area contributed by atoms with Crippen LogP contribution in [0.2, 0.25) is 0 Å². The number of aldehydes is 1. The molecule has 184 valence electrons. The van der Waals surface area contributed by atoms with Crippen molar-refractivity contribution in [1.29, 1.82) is 0 Å². The first kappa shape index (κ1) is 25.6. The number of benzene rings is 1. The number of carbonyl (C=O) groups excluding carboxylic acids is 1. The van der Waals surface area contributed by atoms with Crippen molar-refractivity contribution in [3.05, 3.63) is 47.0 Å². The highest BCUT2D eigenvalue weighted by atomic mass is 19.4. The molecule has 0 spiro atoms. The van der Waals surface area contributed by atoms with Gasteiger partial charge in [-0.1, -0.05) is 19.8 Å². The van der Waals surface area contributed by atoms with Crippen LogP contribution in [-0.2, 0) is 6.18 Å². The van der Waals surface area contributed by atoms with Crippen molar-refractivity contribution in [2.75, 3.05) is 18.5 Å². The normalized spacial score (nSPS) is 18.3. The second kappa shape index (κ2) is 10.5. The minimum Gasteiger partial charge on any atom is -0.380 e. The summed E-state index contributed by atoms with van der Waals surface area (Å²) in [6.45, 7) is 6.58. The summed E-state index contributed by atoms with van der Waals surface area (Å²) in [5, 5.41) is 0. The lowest BCUT2D eigenvalue weighted by atomic mass is 9.95. The highest BCUT2D eigenvalue weighted by Gasteiger charge is 2.42. The zero-order valence-electron chi connectivity index (χ0n) is 19.9. The topological polar surface area (TPSA) is 49.3 Å². The van der Waals surface area contributed by atoms with Gasteiger partial charge in [0.25, 0.3) is 0 Å². The van der Waals surface area contributed by atoms with Gasteiger partial charge in [0, 0.05) is 37.4 Å². The summed E-state index contributed by atoms with van der Waals surface area (Å²) < 4.78 is 55.9. The van der Waals surface area contributed by atoms with Gasteiger partial charge in [0.1, 0.15) is 17.2 Å². The Labute approximate surface area is 197 Å². The molecule has 3 rings (SSSR count). The predicted octanol–water partition coefficient (Wildman–Crippen LogP) is 6.19. The third kappa shape index (κ3) is 5.56. The molecule has 0 radical (unpaired) electrons. The van der Waals surface area contributed by atoms with Crippen molar-refractivity contribution in [3.8, 4) is 11.4 Å². The number of unbranched alkanes of at least 4 members (excludes halogenated alkanes) is 2. The van der Waals surface area contributed by atoms with E-state index >= 15 is 0 Å². The van der Waals surface area contributed by atoms with E-state index < -0.39 is 17.6 Å². The van der Waals surface area contributed by atoms with Crippen LogP contribution in [0.25, 0.3) is 17.5 Å². The summed E-state index contributed by atoms with van der Waals surface area (Å²) in [6.07, 6.45) is 4.04. The smallest absolute Gasteiger partial charge is 0.380 e. The lowest BCUT2D eigenvalue weighted by Gasteiger charge is -2.47. The molecule has 34 heavy (non-hydrogen) atoms. The molecular formula is C25H30F4N4O. The monoisotopic (exact) mass is 478 g/mol. The van der Waals surface area contributed by atoms with E-state index in [-0.39, 0.29) is 34.9 Å². The number of hydrogen-bond donors (Lipinski definition) is 0. The maximum absolute atomic E-state index is 14.9. The molecule has 1 fully saturated rings. The van der Waals surface area contributed by atoms with Crippen LogP contribution < -0.4 is 4.90 Å². The van der Waals surface area contributed by atoms with Crippen LogP contribution in [0.3, 0.4) is 0 Å². The van der Waals surface area contributed by atoms with Crippen LogP contribution in [-0.4, -0.2) is 46.8 Å². The predicted molar refractivity (Wildman–Crippen MR) is 125 cm³/mol. The first-order valence-corrected chi connectivity index (χ1v) is 11.5. The molecule has 1 saturated heterocycles. The van der Waals surface area contributed by atoms with Gasteiger partial charge in [0.15, 0.2) is 12.1 Å². The molecule has 0 bridgehead atoms. The number of rotatable bonds is 9. The van der Waals surface area contributed by atoms with E-state index in [0.29, 0.717) is 18.0 Å². The number of nitrogens with zero attached hydrogens (tertiary/aromatic N) is 4. The fourth-order valence-electron chi connectivity index (χ4n) is 4.25. The Bertz CT molecular complexity index is 1050. The molecule has 1 aromatic heterocycles. The zero-order valence-corrected chi connectivity index (χ0v) is 19.9. The summed E-state index contributed by atoms with van der Waals surface area (Å²) in [5.74, 6) is -1.18. The van der Waals surface area contributed by atoms with E-state index in [4.69, 9.17) is 0 Å². The number of anilines is 1. The number of hydrogen-bond acceptors (Lipinski definition) is 5. The van der Waals surface area contributed by atoms with Gasteiger partial charge in [0.05, 0.1) is 5.56 Å². The van der Waals surface area contributed by atoms with Crippen LogP contribution >= 0.6 is 0 Å². The minimum atomic E-state index is -4.64. The van der Waals surface area contributed by atoms with E-state index in [1.54, 1.807) is 17.2 Å². The number of alkyl halides is 3. The molecule has 0 saturated carbocycles. The Morgan fingerprint density at radius 3 is 2.47 bits per heavy atom. The van der Waals surface area contributed by atoms with Gasteiger partial charge in [-0.25, -0.2) is 14.4 Å². The van der Waals surface area contributed by atoms with Crippen molar-refractivity contribution in [2.45, 2.75) is 64.7 Å². The molecule has 9 heteroatoms. The highest BCUT2D eigenvalue weighted by molar-refractivity contribution is 5.84. The maximum Gasteiger partial charge on any atom is 0.421 e. The lowest BCUT2D eigenvalue weighted by Crippen LogP contribution is -2.54. The van der Waals surface area contributed by atoms with Crippen LogP contribution in [0.15, 0.2) is 24.5 Å². The highest BCUT2D eigenvalue weighted by Crippen LogP contribution is 2.41. The summed E-state index contributed by atoms with van der Waals surface area (Å²) in [4.78, 5) is 23.1. The largest absolute Gasteiger partial charge is 0.421 e. The SMILES string of the molecule is CCCCCN(C)/C=C\c1cc(-c2ncc(C(F)(F)F)c(N3C(C)CC3C)n2)c(F)cc1C=O. The van der Waals surface area contributed by atoms with E-state index in [2.05, 4.69) is 16.9 Å². The summed E-state index contributed by atoms with van der Waals surface area (Å²) >= 11 is 0. The summed E-state index contributed by atoms with van der Waals surface area (Å²) in [5.41, 5.74) is -0.441. The van der Waals surface area contributed by atoms with Crippen molar-refractivity contribution >= 4 is 18.2 Å². The van der Waals surface area contributed by atoms with Gasteiger partial charge in [-0.15, -0.1) is 0 Å². The average Bonchev–Trinajstić information content (AvgIpc) is 2.77. The minimum absolute atomic E-state index is 0.0605. The van der Waals surface area contributed by atoms with E-state index in [0.717, 1.165) is 38.3 Å². The first-order valence-electron chi connectivity index (χ1n) is 11.5. The maximum atomic E-state index is 14.9. The van der Waals surface area contributed by atoms with Crippen molar-refractivity contribution in [2.24, 2.45) is 0 Å². The number of carbonyl (C=O) groups is 1. The molecule has 2 unspecified atom stereocenters. The molecule has 0 amide bonds. The van der Waals surface area contributed by atoms with Crippen molar-refractivity contribution in [3.63, 3.8) is 0 Å². The standard InChI is InChI=1S/C25H30F4N4O/c1-5-6-7-9-32(4)10-8-18-12-20(22(26)13-19(18)15-34)23-30-14-21(25(27,28)29)24(31-23)33-16(2)11-17(33)3/h8,10,12-17H,5-7,9,11H2,1-4H3/b10-8-. The van der Waals surface area contributed by atoms with Crippen molar-refractivity contribution in [1.82, 2.24) is 14.9 Å². The van der Waals surface area contributed by atoms with Gasteiger partial charge in [-0.2, -0.15) is 13.2 Å². The van der Waals surface area contributed by atoms with E-state index in [1.807, 2.05) is 25.8 Å². The Balaban J connectivity index is 2.02. The average molecular weight is 479 g/mol. The van der Waals surface area contributed by atoms with Gasteiger partial charge >= 0.3 is 6.18 Å². The molecule has 2 atom stereocenters. The van der Waals surface area contributed by atoms with Crippen LogP contribution in [0.4, 0.5) is 23.4 Å². The Morgan fingerprint density at radius 1 is 1.18 bits per heavy atom. The first-order chi connectivity index (χ1) is 16.1. The fraction of sp³-hybridized carbons (Fsp3) is 0.480. The Morgan fingerprint density at radius 2 is 1.88 bits per heavy atom. The molecule has 0 N–H and O–H groups in total. The Hall–Kier alpha value is -2.97. The number of aromatic nitrogens is 2. The van der Waals surface area contributed by atoms with Gasteiger partial charge in [-0.3, -0.25) is 4.79 Å². The van der Waals surface area contributed by atoms with Gasteiger partial charge in [-0.05, 0) is 56.7 Å². The van der Waals surface area contributed by atoms with E-state index in [1.165, 1.54) is 6.07 Å². The second-order valence-electron chi connectivity index (χ2n) is 8.85. The molecule has 5 nitrogen and oxygen atoms in total. The molecule has 2 aromatic rings. The lowest BCUT2D eigenvalue weighted by molar-refractivity contribution is -0.137. The van der Waals surface area contributed by atoms with Crippen LogP contribution in [0, 0.1) is 5.82 Å². The van der Waals surface area contributed by atoms with Crippen LogP contribution in [0.5, 0.6) is 0 Å². The summed E-state index contributed by atoms with van der Waals surface area (Å²) in [6, 6.07) is 2.23. The third-order valence-corrected chi connectivity index (χ3v) is 6.11. The van der Waals surface area contributed by atoms with Crippen LogP contribution in [0.1, 0.15) is 67.9 Å². The molecule has 1 aliphatic rings. The molecule has 1 aliphatic heterocycles. The summed E-state index contributed by atoms with van der Waals surface area (Å²) in [7, 11) is 1.90. The molecular weight excluding hydrogens is 448 g/mol.